The summed E-state index contributed by atoms with van der Waals surface area (Å²) in [7, 11) is 0. The van der Waals surface area contributed by atoms with Crippen LogP contribution in [0, 0.1) is 11.8 Å². The summed E-state index contributed by atoms with van der Waals surface area (Å²) < 4.78 is 0. The van der Waals surface area contributed by atoms with E-state index >= 15 is 0 Å². The number of carboxylic acids is 1. The highest BCUT2D eigenvalue weighted by molar-refractivity contribution is 5.66. The second kappa shape index (κ2) is 12.2. The summed E-state index contributed by atoms with van der Waals surface area (Å²) in [6.07, 6.45) is 12.3. The van der Waals surface area contributed by atoms with Gasteiger partial charge in [0.2, 0.25) is 0 Å². The van der Waals surface area contributed by atoms with E-state index in [-0.39, 0.29) is 18.3 Å². The van der Waals surface area contributed by atoms with Crippen molar-refractivity contribution in [3.63, 3.8) is 0 Å². The quantitative estimate of drug-likeness (QED) is 0.319. The van der Waals surface area contributed by atoms with Gasteiger partial charge in [-0.25, -0.2) is 0 Å². The van der Waals surface area contributed by atoms with Gasteiger partial charge in [-0.3, -0.25) is 4.79 Å². The van der Waals surface area contributed by atoms with Crippen molar-refractivity contribution in [2.24, 2.45) is 11.8 Å². The SMILES string of the molecule is CCCCC[C@H](O)/C=C/[C@H]1C(O)CC(O)[C@@H]1C/C=C\CCCC(=O)O. The smallest absolute Gasteiger partial charge is 0.303 e. The molecule has 1 aliphatic carbocycles. The topological polar surface area (TPSA) is 98.0 Å². The van der Waals surface area contributed by atoms with E-state index in [0.29, 0.717) is 25.7 Å². The Morgan fingerprint density at radius 1 is 1.16 bits per heavy atom. The first-order valence-electron chi connectivity index (χ1n) is 9.55. The minimum absolute atomic E-state index is 0.0650. The molecule has 0 aromatic heterocycles. The summed E-state index contributed by atoms with van der Waals surface area (Å²) in [6.45, 7) is 2.12. The molecule has 0 aromatic rings. The molecule has 0 aromatic carbocycles. The zero-order valence-electron chi connectivity index (χ0n) is 15.3. The molecule has 0 heterocycles. The normalized spacial score (nSPS) is 28.2. The molecule has 0 amide bonds. The fourth-order valence-corrected chi connectivity index (χ4v) is 3.41. The van der Waals surface area contributed by atoms with Crippen molar-refractivity contribution in [1.82, 2.24) is 0 Å². The number of allylic oxidation sites excluding steroid dienone is 2. The molecule has 1 rings (SSSR count). The minimum Gasteiger partial charge on any atom is -0.481 e. The van der Waals surface area contributed by atoms with Crippen LogP contribution in [0.3, 0.4) is 0 Å². The molecule has 1 fully saturated rings. The Morgan fingerprint density at radius 3 is 2.60 bits per heavy atom. The molecule has 2 unspecified atom stereocenters. The largest absolute Gasteiger partial charge is 0.481 e. The molecular formula is C20H34O5. The molecule has 0 aliphatic heterocycles. The summed E-state index contributed by atoms with van der Waals surface area (Å²) in [5, 5.41) is 39.0. The first-order valence-corrected chi connectivity index (χ1v) is 9.55. The number of aliphatic hydroxyl groups excluding tert-OH is 3. The molecule has 0 saturated heterocycles. The van der Waals surface area contributed by atoms with Crippen LogP contribution in [0.5, 0.6) is 0 Å². The van der Waals surface area contributed by atoms with Crippen molar-refractivity contribution in [3.05, 3.63) is 24.3 Å². The van der Waals surface area contributed by atoms with Crippen LogP contribution >= 0.6 is 0 Å². The van der Waals surface area contributed by atoms with Crippen molar-refractivity contribution in [1.29, 1.82) is 0 Å². The number of rotatable bonds is 12. The number of aliphatic hydroxyl groups is 3. The maximum absolute atomic E-state index is 10.5. The van der Waals surface area contributed by atoms with Crippen LogP contribution in [-0.4, -0.2) is 44.7 Å². The third kappa shape index (κ3) is 8.66. The number of unbranched alkanes of at least 4 members (excludes halogenated alkanes) is 3. The Kier molecular flexibility index (Phi) is 10.7. The molecule has 5 heteroatoms. The fourth-order valence-electron chi connectivity index (χ4n) is 3.41. The first-order chi connectivity index (χ1) is 12.0. The number of carbonyl (C=O) groups is 1. The zero-order valence-corrected chi connectivity index (χ0v) is 15.3. The van der Waals surface area contributed by atoms with E-state index in [1.807, 2.05) is 18.2 Å². The van der Waals surface area contributed by atoms with Crippen LogP contribution in [0.15, 0.2) is 24.3 Å². The second-order valence-electron chi connectivity index (χ2n) is 7.05. The maximum atomic E-state index is 10.5. The summed E-state index contributed by atoms with van der Waals surface area (Å²) in [5.41, 5.74) is 0. The predicted octanol–water partition coefficient (Wildman–Crippen LogP) is 3.04. The Balaban J connectivity index is 2.46. The standard InChI is InChI=1S/C20H34O5/c1-2-3-6-9-15(21)12-13-17-16(18(22)14-19(17)23)10-7-4-5-8-11-20(24)25/h4,7,12-13,15-19,21-23H,2-3,5-6,8-11,14H2,1H3,(H,24,25)/b7-4-,13-12+/t15-,16+,17+,18?,19?/m0/s1. The molecule has 0 bridgehead atoms. The van der Waals surface area contributed by atoms with Crippen molar-refractivity contribution in [2.45, 2.75) is 83.0 Å². The van der Waals surface area contributed by atoms with E-state index in [2.05, 4.69) is 6.92 Å². The third-order valence-corrected chi connectivity index (χ3v) is 4.91. The Morgan fingerprint density at radius 2 is 1.92 bits per heavy atom. The highest BCUT2D eigenvalue weighted by atomic mass is 16.4. The lowest BCUT2D eigenvalue weighted by Crippen LogP contribution is -2.20. The van der Waals surface area contributed by atoms with Crippen molar-refractivity contribution >= 4 is 5.97 Å². The van der Waals surface area contributed by atoms with E-state index in [1.54, 1.807) is 6.08 Å². The van der Waals surface area contributed by atoms with E-state index in [4.69, 9.17) is 5.11 Å². The van der Waals surface area contributed by atoms with E-state index in [9.17, 15) is 20.1 Å². The lowest BCUT2D eigenvalue weighted by atomic mass is 9.89. The van der Waals surface area contributed by atoms with Crippen molar-refractivity contribution < 1.29 is 25.2 Å². The zero-order chi connectivity index (χ0) is 18.7. The Labute approximate surface area is 151 Å². The minimum atomic E-state index is -0.787. The van der Waals surface area contributed by atoms with Crippen LogP contribution in [0.4, 0.5) is 0 Å². The first kappa shape index (κ1) is 21.9. The predicted molar refractivity (Wildman–Crippen MR) is 98.1 cm³/mol. The molecular weight excluding hydrogens is 320 g/mol. The fraction of sp³-hybridized carbons (Fsp3) is 0.750. The van der Waals surface area contributed by atoms with Crippen LogP contribution in [0.1, 0.15) is 64.7 Å². The van der Waals surface area contributed by atoms with Gasteiger partial charge in [0, 0.05) is 18.8 Å². The van der Waals surface area contributed by atoms with Gasteiger partial charge in [-0.05, 0) is 31.6 Å². The molecule has 1 aliphatic rings. The van der Waals surface area contributed by atoms with Gasteiger partial charge in [-0.1, -0.05) is 50.5 Å². The Bertz CT molecular complexity index is 432. The van der Waals surface area contributed by atoms with E-state index in [1.165, 1.54) is 0 Å². The molecule has 1 saturated carbocycles. The monoisotopic (exact) mass is 354 g/mol. The van der Waals surface area contributed by atoms with Gasteiger partial charge in [-0.2, -0.15) is 0 Å². The van der Waals surface area contributed by atoms with Gasteiger partial charge in [0.15, 0.2) is 0 Å². The summed E-state index contributed by atoms with van der Waals surface area (Å²) in [5.74, 6) is -1.00. The van der Waals surface area contributed by atoms with E-state index < -0.39 is 24.3 Å². The summed E-state index contributed by atoms with van der Waals surface area (Å²) in [4.78, 5) is 10.5. The van der Waals surface area contributed by atoms with Crippen LogP contribution in [0.25, 0.3) is 0 Å². The van der Waals surface area contributed by atoms with Crippen LogP contribution in [0.2, 0.25) is 0 Å². The third-order valence-electron chi connectivity index (χ3n) is 4.91. The van der Waals surface area contributed by atoms with Gasteiger partial charge < -0.3 is 20.4 Å². The van der Waals surface area contributed by atoms with Gasteiger partial charge >= 0.3 is 5.97 Å². The molecule has 0 spiro atoms. The van der Waals surface area contributed by atoms with Crippen LogP contribution in [-0.2, 0) is 4.79 Å². The Hall–Kier alpha value is -1.17. The summed E-state index contributed by atoms with van der Waals surface area (Å²) >= 11 is 0. The summed E-state index contributed by atoms with van der Waals surface area (Å²) in [6, 6.07) is 0. The van der Waals surface area contributed by atoms with E-state index in [0.717, 1.165) is 25.7 Å². The molecule has 5 atom stereocenters. The number of hydrogen-bond donors (Lipinski definition) is 4. The average Bonchev–Trinajstić information content (AvgIpc) is 2.82. The lowest BCUT2D eigenvalue weighted by Gasteiger charge is -2.19. The molecule has 0 radical (unpaired) electrons. The van der Waals surface area contributed by atoms with Gasteiger partial charge in [0.1, 0.15) is 0 Å². The molecule has 4 N–H and O–H groups in total. The number of aliphatic carboxylic acids is 1. The number of carboxylic acid groups (broad SMARTS) is 1. The van der Waals surface area contributed by atoms with Crippen LogP contribution < -0.4 is 0 Å². The highest BCUT2D eigenvalue weighted by Crippen LogP contribution is 2.36. The van der Waals surface area contributed by atoms with Crippen molar-refractivity contribution in [3.8, 4) is 0 Å². The second-order valence-corrected chi connectivity index (χ2v) is 7.05. The molecule has 144 valence electrons. The lowest BCUT2D eigenvalue weighted by molar-refractivity contribution is -0.137. The van der Waals surface area contributed by atoms with Gasteiger partial charge in [0.05, 0.1) is 18.3 Å². The van der Waals surface area contributed by atoms with Gasteiger partial charge in [0.25, 0.3) is 0 Å². The number of hydrogen-bond acceptors (Lipinski definition) is 4. The van der Waals surface area contributed by atoms with Gasteiger partial charge in [-0.15, -0.1) is 0 Å². The van der Waals surface area contributed by atoms with Crippen molar-refractivity contribution in [2.75, 3.05) is 0 Å². The average molecular weight is 354 g/mol. The molecule has 25 heavy (non-hydrogen) atoms. The highest BCUT2D eigenvalue weighted by Gasteiger charge is 2.39. The maximum Gasteiger partial charge on any atom is 0.303 e. The molecule has 5 nitrogen and oxygen atoms in total.